The molecule has 0 amide bonds. The number of halogens is 1. The summed E-state index contributed by atoms with van der Waals surface area (Å²) in [5, 5.41) is 0. The van der Waals surface area contributed by atoms with Crippen LogP contribution in [0.3, 0.4) is 0 Å². The number of rotatable bonds is 1. The molecule has 1 unspecified atom stereocenters. The maximum atomic E-state index is 6.60. The normalized spacial score (nSPS) is 23.0. The van der Waals surface area contributed by atoms with Crippen LogP contribution in [0, 0.1) is 0 Å². The number of hydrogen-bond acceptors (Lipinski definition) is 3. The van der Waals surface area contributed by atoms with Gasteiger partial charge < -0.3 is 14.4 Å². The van der Waals surface area contributed by atoms with Crippen molar-refractivity contribution in [2.45, 2.75) is 25.0 Å². The first-order chi connectivity index (χ1) is 11.4. The molecule has 124 valence electrons. The highest BCUT2D eigenvalue weighted by Crippen LogP contribution is 2.54. The van der Waals surface area contributed by atoms with Crippen LogP contribution in [0.25, 0.3) is 6.08 Å². The van der Waals surface area contributed by atoms with Crippen LogP contribution in [0.15, 0.2) is 46.9 Å². The molecule has 24 heavy (non-hydrogen) atoms. The SMILES string of the molecule is COc1ccc2c(c1)C(C)(C)C1(C=Cc3cc(Br)ccc3O1)N2C. The third-order valence-electron chi connectivity index (χ3n) is 5.36. The Bertz CT molecular complexity index is 859. The van der Waals surface area contributed by atoms with Gasteiger partial charge in [-0.1, -0.05) is 15.9 Å². The van der Waals surface area contributed by atoms with Gasteiger partial charge in [-0.2, -0.15) is 0 Å². The fraction of sp³-hybridized carbons (Fsp3) is 0.300. The molecule has 0 aliphatic carbocycles. The molecule has 4 heteroatoms. The Morgan fingerprint density at radius 3 is 2.67 bits per heavy atom. The van der Waals surface area contributed by atoms with Gasteiger partial charge in [0.2, 0.25) is 5.72 Å². The summed E-state index contributed by atoms with van der Waals surface area (Å²) in [5.41, 5.74) is 2.71. The molecule has 0 fully saturated rings. The van der Waals surface area contributed by atoms with E-state index in [1.807, 2.05) is 18.2 Å². The van der Waals surface area contributed by atoms with E-state index in [4.69, 9.17) is 9.47 Å². The molecule has 0 saturated carbocycles. The predicted molar refractivity (Wildman–Crippen MR) is 101 cm³/mol. The van der Waals surface area contributed by atoms with Crippen molar-refractivity contribution in [3.8, 4) is 11.5 Å². The van der Waals surface area contributed by atoms with Gasteiger partial charge in [0.1, 0.15) is 11.5 Å². The third kappa shape index (κ3) is 1.89. The minimum Gasteiger partial charge on any atom is -0.497 e. The zero-order valence-corrected chi connectivity index (χ0v) is 15.8. The van der Waals surface area contributed by atoms with Crippen molar-refractivity contribution in [1.82, 2.24) is 0 Å². The van der Waals surface area contributed by atoms with Crippen molar-refractivity contribution in [2.24, 2.45) is 0 Å². The van der Waals surface area contributed by atoms with Gasteiger partial charge in [0.25, 0.3) is 0 Å². The second-order valence-corrected chi connectivity index (χ2v) is 7.80. The van der Waals surface area contributed by atoms with E-state index < -0.39 is 5.72 Å². The number of benzene rings is 2. The topological polar surface area (TPSA) is 21.7 Å². The molecule has 0 radical (unpaired) electrons. The molecule has 0 saturated heterocycles. The van der Waals surface area contributed by atoms with E-state index in [-0.39, 0.29) is 5.41 Å². The average Bonchev–Trinajstić information content (AvgIpc) is 2.73. The maximum Gasteiger partial charge on any atom is 0.211 e. The van der Waals surface area contributed by atoms with E-state index in [1.54, 1.807) is 7.11 Å². The highest BCUT2D eigenvalue weighted by Gasteiger charge is 2.57. The van der Waals surface area contributed by atoms with Crippen molar-refractivity contribution in [3.63, 3.8) is 0 Å². The number of anilines is 1. The van der Waals surface area contributed by atoms with Crippen molar-refractivity contribution in [2.75, 3.05) is 19.1 Å². The van der Waals surface area contributed by atoms with Crippen LogP contribution in [0.2, 0.25) is 0 Å². The summed E-state index contributed by atoms with van der Waals surface area (Å²) in [7, 11) is 3.79. The van der Waals surface area contributed by atoms with Crippen molar-refractivity contribution in [1.29, 1.82) is 0 Å². The number of ether oxygens (including phenoxy) is 2. The van der Waals surface area contributed by atoms with Gasteiger partial charge in [-0.25, -0.2) is 0 Å². The molecule has 0 bridgehead atoms. The summed E-state index contributed by atoms with van der Waals surface area (Å²) in [6.07, 6.45) is 4.33. The van der Waals surface area contributed by atoms with E-state index >= 15 is 0 Å². The summed E-state index contributed by atoms with van der Waals surface area (Å²) >= 11 is 3.53. The Morgan fingerprint density at radius 2 is 1.92 bits per heavy atom. The lowest BCUT2D eigenvalue weighted by molar-refractivity contribution is 0.0581. The fourth-order valence-electron chi connectivity index (χ4n) is 3.89. The molecule has 2 aromatic carbocycles. The summed E-state index contributed by atoms with van der Waals surface area (Å²) in [5.74, 6) is 1.77. The second-order valence-electron chi connectivity index (χ2n) is 6.88. The van der Waals surface area contributed by atoms with E-state index in [0.29, 0.717) is 0 Å². The van der Waals surface area contributed by atoms with Crippen molar-refractivity contribution in [3.05, 3.63) is 58.1 Å². The zero-order chi connectivity index (χ0) is 17.1. The largest absolute Gasteiger partial charge is 0.497 e. The third-order valence-corrected chi connectivity index (χ3v) is 5.85. The molecule has 1 atom stereocenters. The van der Waals surface area contributed by atoms with Gasteiger partial charge in [0.05, 0.1) is 12.5 Å². The Balaban J connectivity index is 1.87. The first-order valence-corrected chi connectivity index (χ1v) is 8.78. The van der Waals surface area contributed by atoms with Crippen LogP contribution >= 0.6 is 15.9 Å². The fourth-order valence-corrected chi connectivity index (χ4v) is 4.27. The molecule has 2 heterocycles. The standard InChI is InChI=1S/C20H20BrNO2/c1-19(2)16-12-15(23-4)6-7-17(16)22(3)20(19)10-9-13-11-14(21)5-8-18(13)24-20/h5-12H,1-4H3. The van der Waals surface area contributed by atoms with Gasteiger partial charge in [-0.05, 0) is 68.0 Å². The van der Waals surface area contributed by atoms with E-state index in [2.05, 4.69) is 72.1 Å². The van der Waals surface area contributed by atoms with Crippen LogP contribution in [-0.4, -0.2) is 19.9 Å². The summed E-state index contributed by atoms with van der Waals surface area (Å²) in [4.78, 5) is 2.23. The van der Waals surface area contributed by atoms with Gasteiger partial charge in [0.15, 0.2) is 0 Å². The molecule has 0 N–H and O–H groups in total. The van der Waals surface area contributed by atoms with Crippen LogP contribution < -0.4 is 14.4 Å². The second kappa shape index (κ2) is 5.03. The molecule has 2 aliphatic heterocycles. The first-order valence-electron chi connectivity index (χ1n) is 7.99. The Hall–Kier alpha value is -1.94. The molecular weight excluding hydrogens is 366 g/mol. The van der Waals surface area contributed by atoms with Gasteiger partial charge in [-0.15, -0.1) is 0 Å². The Labute approximate surface area is 151 Å². The number of hydrogen-bond donors (Lipinski definition) is 0. The van der Waals surface area contributed by atoms with Crippen LogP contribution in [0.4, 0.5) is 5.69 Å². The zero-order valence-electron chi connectivity index (χ0n) is 14.3. The quantitative estimate of drug-likeness (QED) is 0.690. The lowest BCUT2D eigenvalue weighted by atomic mass is 9.76. The molecular formula is C20H20BrNO2. The predicted octanol–water partition coefficient (Wildman–Crippen LogP) is 4.99. The van der Waals surface area contributed by atoms with E-state index in [0.717, 1.165) is 21.5 Å². The molecule has 0 aromatic heterocycles. The Kier molecular flexibility index (Phi) is 3.26. The van der Waals surface area contributed by atoms with E-state index in [1.165, 1.54) is 11.3 Å². The highest BCUT2D eigenvalue weighted by atomic mass is 79.9. The van der Waals surface area contributed by atoms with Crippen LogP contribution in [0.1, 0.15) is 25.0 Å². The average molecular weight is 386 g/mol. The number of methoxy groups -OCH3 is 1. The van der Waals surface area contributed by atoms with Crippen LogP contribution in [-0.2, 0) is 5.41 Å². The van der Waals surface area contributed by atoms with Gasteiger partial charge >= 0.3 is 0 Å². The lowest BCUT2D eigenvalue weighted by Crippen LogP contribution is -2.58. The Morgan fingerprint density at radius 1 is 1.12 bits per heavy atom. The summed E-state index contributed by atoms with van der Waals surface area (Å²) in [6, 6.07) is 12.4. The number of nitrogens with zero attached hydrogens (tertiary/aromatic N) is 1. The molecule has 2 aromatic rings. The van der Waals surface area contributed by atoms with Crippen LogP contribution in [0.5, 0.6) is 11.5 Å². The first kappa shape index (κ1) is 15.6. The molecule has 2 aliphatic rings. The van der Waals surface area contributed by atoms with E-state index in [9.17, 15) is 0 Å². The summed E-state index contributed by atoms with van der Waals surface area (Å²) < 4.78 is 13.1. The minimum atomic E-state index is -0.553. The highest BCUT2D eigenvalue weighted by molar-refractivity contribution is 9.10. The minimum absolute atomic E-state index is 0.229. The van der Waals surface area contributed by atoms with Crippen molar-refractivity contribution >= 4 is 27.7 Å². The molecule has 4 rings (SSSR count). The molecule has 1 spiro atoms. The van der Waals surface area contributed by atoms with Crippen molar-refractivity contribution < 1.29 is 9.47 Å². The molecule has 3 nitrogen and oxygen atoms in total. The number of likely N-dealkylation sites (N-methyl/N-ethyl adjacent to an activating group) is 1. The summed E-state index contributed by atoms with van der Waals surface area (Å²) in [6.45, 7) is 4.45. The van der Waals surface area contributed by atoms with Gasteiger partial charge in [-0.3, -0.25) is 0 Å². The lowest BCUT2D eigenvalue weighted by Gasteiger charge is -2.45. The monoisotopic (exact) mass is 385 g/mol. The number of fused-ring (bicyclic) bond motifs is 2. The maximum absolute atomic E-state index is 6.60. The smallest absolute Gasteiger partial charge is 0.211 e. The van der Waals surface area contributed by atoms with Gasteiger partial charge in [0, 0.05) is 22.8 Å².